The summed E-state index contributed by atoms with van der Waals surface area (Å²) < 4.78 is 5.64. The van der Waals surface area contributed by atoms with Crippen LogP contribution in [0, 0.1) is 18.3 Å². The summed E-state index contributed by atoms with van der Waals surface area (Å²) in [6, 6.07) is 24.1. The molecule has 0 saturated carbocycles. The molecule has 6 rings (SSSR count). The molecule has 0 bridgehead atoms. The van der Waals surface area contributed by atoms with Crippen molar-refractivity contribution in [3.8, 4) is 17.5 Å². The lowest BCUT2D eigenvalue weighted by Crippen LogP contribution is -2.48. The topological polar surface area (TPSA) is 85.4 Å². The second-order valence-corrected chi connectivity index (χ2v) is 9.17. The van der Waals surface area contributed by atoms with Crippen LogP contribution in [0.5, 0.6) is 0 Å². The van der Waals surface area contributed by atoms with Gasteiger partial charge in [-0.15, -0.1) is 0 Å². The van der Waals surface area contributed by atoms with Crippen LogP contribution < -0.4 is 10.2 Å². The Morgan fingerprint density at radius 2 is 1.75 bits per heavy atom. The zero-order valence-electron chi connectivity index (χ0n) is 19.9. The summed E-state index contributed by atoms with van der Waals surface area (Å²) in [6.45, 7) is 5.00. The third-order valence-corrected chi connectivity index (χ3v) is 7.01. The SMILES string of the molecule is Cc1cnc(-c2ccc(N3CCN(C4c5ccccc5NC(=O)c5ccccc54)CC3)c(C#N)c2)o1. The zero-order chi connectivity index (χ0) is 24.6. The number of amides is 1. The summed E-state index contributed by atoms with van der Waals surface area (Å²) in [5, 5.41) is 13.0. The summed E-state index contributed by atoms with van der Waals surface area (Å²) in [4.78, 5) is 21.9. The van der Waals surface area contributed by atoms with Crippen LogP contribution in [0.1, 0.15) is 38.9 Å². The normalized spacial score (nSPS) is 17.5. The quantitative estimate of drug-likeness (QED) is 0.449. The van der Waals surface area contributed by atoms with Gasteiger partial charge in [-0.2, -0.15) is 5.26 Å². The first-order valence-corrected chi connectivity index (χ1v) is 12.1. The molecule has 0 radical (unpaired) electrons. The molecule has 4 aromatic rings. The average molecular weight is 476 g/mol. The van der Waals surface area contributed by atoms with E-state index >= 15 is 0 Å². The van der Waals surface area contributed by atoms with Gasteiger partial charge in [-0.1, -0.05) is 36.4 Å². The summed E-state index contributed by atoms with van der Waals surface area (Å²) >= 11 is 0. The maximum Gasteiger partial charge on any atom is 0.256 e. The minimum absolute atomic E-state index is 0.0235. The smallest absolute Gasteiger partial charge is 0.256 e. The van der Waals surface area contributed by atoms with Crippen LogP contribution in [0.3, 0.4) is 0 Å². The molecule has 1 saturated heterocycles. The number of carbonyl (C=O) groups excluding carboxylic acids is 1. The number of para-hydroxylation sites is 1. The first-order valence-electron chi connectivity index (χ1n) is 12.1. The van der Waals surface area contributed by atoms with Gasteiger partial charge in [0.2, 0.25) is 5.89 Å². The van der Waals surface area contributed by atoms with E-state index in [0.717, 1.165) is 60.0 Å². The van der Waals surface area contributed by atoms with Crippen molar-refractivity contribution in [2.45, 2.75) is 13.0 Å². The fourth-order valence-corrected chi connectivity index (χ4v) is 5.29. The predicted octanol–water partition coefficient (Wildman–Crippen LogP) is 5.00. The first-order chi connectivity index (χ1) is 17.6. The highest BCUT2D eigenvalue weighted by Gasteiger charge is 2.33. The molecule has 1 unspecified atom stereocenters. The minimum Gasteiger partial charge on any atom is -0.441 e. The molecular weight excluding hydrogens is 450 g/mol. The highest BCUT2D eigenvalue weighted by Crippen LogP contribution is 2.39. The molecule has 178 valence electrons. The van der Waals surface area contributed by atoms with Crippen molar-refractivity contribution in [3.05, 3.63) is 101 Å². The maximum absolute atomic E-state index is 13.0. The van der Waals surface area contributed by atoms with Gasteiger partial charge in [-0.3, -0.25) is 9.69 Å². The molecule has 1 fully saturated rings. The van der Waals surface area contributed by atoms with Crippen molar-refractivity contribution in [1.29, 1.82) is 5.26 Å². The van der Waals surface area contributed by atoms with Gasteiger partial charge >= 0.3 is 0 Å². The lowest BCUT2D eigenvalue weighted by Gasteiger charge is -2.41. The number of carbonyl (C=O) groups is 1. The van der Waals surface area contributed by atoms with Crippen LogP contribution in [-0.4, -0.2) is 42.0 Å². The van der Waals surface area contributed by atoms with Gasteiger partial charge in [0, 0.05) is 43.0 Å². The van der Waals surface area contributed by atoms with Crippen molar-refractivity contribution < 1.29 is 9.21 Å². The number of nitriles is 1. The molecule has 1 amide bonds. The van der Waals surface area contributed by atoms with Crippen LogP contribution in [0.4, 0.5) is 11.4 Å². The monoisotopic (exact) mass is 475 g/mol. The molecule has 1 atom stereocenters. The van der Waals surface area contributed by atoms with E-state index in [2.05, 4.69) is 38.3 Å². The van der Waals surface area contributed by atoms with Gasteiger partial charge in [0.15, 0.2) is 0 Å². The van der Waals surface area contributed by atoms with Crippen molar-refractivity contribution in [2.24, 2.45) is 0 Å². The fraction of sp³-hybridized carbons (Fsp3) is 0.207. The Morgan fingerprint density at radius 1 is 1.00 bits per heavy atom. The van der Waals surface area contributed by atoms with E-state index in [9.17, 15) is 10.1 Å². The third-order valence-electron chi connectivity index (χ3n) is 7.01. The van der Waals surface area contributed by atoms with Gasteiger partial charge in [-0.05, 0) is 48.4 Å². The molecule has 1 aromatic heterocycles. The number of benzene rings is 3. The average Bonchev–Trinajstić information content (AvgIpc) is 3.31. The highest BCUT2D eigenvalue weighted by molar-refractivity contribution is 6.07. The molecule has 0 spiro atoms. The lowest BCUT2D eigenvalue weighted by molar-refractivity contribution is 0.102. The highest BCUT2D eigenvalue weighted by atomic mass is 16.4. The molecule has 3 aromatic carbocycles. The van der Waals surface area contributed by atoms with Gasteiger partial charge < -0.3 is 14.6 Å². The van der Waals surface area contributed by atoms with E-state index in [4.69, 9.17) is 4.42 Å². The maximum atomic E-state index is 13.0. The van der Waals surface area contributed by atoms with Gasteiger partial charge in [-0.25, -0.2) is 4.98 Å². The standard InChI is InChI=1S/C29H25N5O2/c1-19-18-31-29(36-19)20-10-11-26(21(16-20)17-30)33-12-14-34(15-13-33)27-22-6-2-3-7-23(22)28(35)32-25-9-5-4-8-24(25)27/h2-11,16,18,27H,12-15H2,1H3,(H,32,35). The predicted molar refractivity (Wildman–Crippen MR) is 138 cm³/mol. The summed E-state index contributed by atoms with van der Waals surface area (Å²) in [5.41, 5.74) is 6.02. The third kappa shape index (κ3) is 3.82. The van der Waals surface area contributed by atoms with Crippen LogP contribution in [-0.2, 0) is 0 Å². The van der Waals surface area contributed by atoms with Crippen molar-refractivity contribution in [3.63, 3.8) is 0 Å². The molecule has 7 heteroatoms. The number of aryl methyl sites for hydroxylation is 1. The minimum atomic E-state index is -0.0702. The number of anilines is 2. The fourth-order valence-electron chi connectivity index (χ4n) is 5.29. The van der Waals surface area contributed by atoms with Crippen molar-refractivity contribution >= 4 is 17.3 Å². The van der Waals surface area contributed by atoms with Crippen LogP contribution in [0.2, 0.25) is 0 Å². The number of oxazole rings is 1. The van der Waals surface area contributed by atoms with Crippen LogP contribution in [0.15, 0.2) is 77.3 Å². The Bertz CT molecular complexity index is 1490. The lowest BCUT2D eigenvalue weighted by atomic mass is 9.93. The molecule has 0 aliphatic carbocycles. The Labute approximate surface area is 209 Å². The van der Waals surface area contributed by atoms with E-state index in [1.165, 1.54) is 0 Å². The Kier molecular flexibility index (Phi) is 5.51. The Hall–Kier alpha value is -4.41. The number of piperazine rings is 1. The molecule has 2 aliphatic rings. The van der Waals surface area contributed by atoms with Gasteiger partial charge in [0.25, 0.3) is 5.91 Å². The van der Waals surface area contributed by atoms with Crippen molar-refractivity contribution in [1.82, 2.24) is 9.88 Å². The van der Waals surface area contributed by atoms with Gasteiger partial charge in [0.05, 0.1) is 23.5 Å². The van der Waals surface area contributed by atoms with E-state index in [1.807, 2.05) is 61.5 Å². The van der Waals surface area contributed by atoms with Crippen LogP contribution >= 0.6 is 0 Å². The van der Waals surface area contributed by atoms with E-state index in [0.29, 0.717) is 17.0 Å². The van der Waals surface area contributed by atoms with E-state index in [-0.39, 0.29) is 11.9 Å². The van der Waals surface area contributed by atoms with Gasteiger partial charge in [0.1, 0.15) is 11.8 Å². The molecule has 3 heterocycles. The summed E-state index contributed by atoms with van der Waals surface area (Å²) in [6.07, 6.45) is 1.68. The molecule has 2 aliphatic heterocycles. The number of fused-ring (bicyclic) bond motifs is 2. The number of rotatable bonds is 3. The molecule has 36 heavy (non-hydrogen) atoms. The Morgan fingerprint density at radius 3 is 2.50 bits per heavy atom. The van der Waals surface area contributed by atoms with Crippen LogP contribution in [0.25, 0.3) is 11.5 Å². The second-order valence-electron chi connectivity index (χ2n) is 9.17. The zero-order valence-corrected chi connectivity index (χ0v) is 19.9. The number of aromatic nitrogens is 1. The molecular formula is C29H25N5O2. The largest absolute Gasteiger partial charge is 0.441 e. The summed E-state index contributed by atoms with van der Waals surface area (Å²) in [5.74, 6) is 1.19. The molecule has 7 nitrogen and oxygen atoms in total. The number of nitrogens with zero attached hydrogens (tertiary/aromatic N) is 4. The number of hydrogen-bond donors (Lipinski definition) is 1. The van der Waals surface area contributed by atoms with E-state index in [1.54, 1.807) is 6.20 Å². The number of hydrogen-bond acceptors (Lipinski definition) is 6. The number of nitrogens with one attached hydrogen (secondary N) is 1. The first kappa shape index (κ1) is 22.1. The van der Waals surface area contributed by atoms with E-state index < -0.39 is 0 Å². The summed E-state index contributed by atoms with van der Waals surface area (Å²) in [7, 11) is 0. The van der Waals surface area contributed by atoms with Crippen molar-refractivity contribution in [2.75, 3.05) is 36.4 Å². The molecule has 1 N–H and O–H groups in total. The Balaban J connectivity index is 1.28. The second kappa shape index (κ2) is 8.99.